The molecule has 28 heavy (non-hydrogen) atoms. The molecule has 0 fully saturated rings. The zero-order valence-electron chi connectivity index (χ0n) is 14.9. The lowest BCUT2D eigenvalue weighted by Crippen LogP contribution is -2.23. The van der Waals surface area contributed by atoms with Crippen LogP contribution in [-0.4, -0.2) is 14.3 Å². The maximum Gasteiger partial charge on any atom is 0.251 e. The molecule has 1 amide bonds. The molecule has 0 radical (unpaired) electrons. The predicted octanol–water partition coefficient (Wildman–Crippen LogP) is 3.23. The fourth-order valence-electron chi connectivity index (χ4n) is 2.52. The molecule has 0 aliphatic heterocycles. The number of nitrogens with one attached hydrogen (secondary N) is 2. The molecule has 0 bridgehead atoms. The van der Waals surface area contributed by atoms with E-state index in [0.717, 1.165) is 11.1 Å². The van der Waals surface area contributed by atoms with E-state index in [2.05, 4.69) is 10.0 Å². The number of hydrogen-bond acceptors (Lipinski definition) is 3. The topological polar surface area (TPSA) is 75.3 Å². The van der Waals surface area contributed by atoms with E-state index >= 15 is 0 Å². The van der Waals surface area contributed by atoms with Gasteiger partial charge >= 0.3 is 0 Å². The van der Waals surface area contributed by atoms with Gasteiger partial charge in [-0.25, -0.2) is 17.5 Å². The van der Waals surface area contributed by atoms with Gasteiger partial charge in [-0.2, -0.15) is 0 Å². The van der Waals surface area contributed by atoms with Crippen molar-refractivity contribution in [1.82, 2.24) is 10.0 Å². The van der Waals surface area contributed by atoms with E-state index in [1.54, 1.807) is 30.3 Å². The summed E-state index contributed by atoms with van der Waals surface area (Å²) in [5.74, 6) is -0.685. The van der Waals surface area contributed by atoms with Crippen molar-refractivity contribution in [2.24, 2.45) is 0 Å². The highest BCUT2D eigenvalue weighted by Gasteiger charge is 2.12. The van der Waals surface area contributed by atoms with Crippen molar-refractivity contribution in [3.8, 4) is 0 Å². The molecule has 3 aromatic rings. The molecular weight excluding hydrogens is 379 g/mol. The Morgan fingerprint density at radius 1 is 0.786 bits per heavy atom. The van der Waals surface area contributed by atoms with E-state index in [1.165, 1.54) is 36.4 Å². The van der Waals surface area contributed by atoms with Gasteiger partial charge in [0.25, 0.3) is 5.91 Å². The summed E-state index contributed by atoms with van der Waals surface area (Å²) in [5.41, 5.74) is 2.05. The van der Waals surface area contributed by atoms with E-state index in [0.29, 0.717) is 12.1 Å². The van der Waals surface area contributed by atoms with Gasteiger partial charge in [0.2, 0.25) is 10.0 Å². The maximum absolute atomic E-state index is 12.9. The van der Waals surface area contributed by atoms with Crippen molar-refractivity contribution >= 4 is 15.9 Å². The van der Waals surface area contributed by atoms with E-state index in [4.69, 9.17) is 0 Å². The van der Waals surface area contributed by atoms with E-state index in [-0.39, 0.29) is 17.3 Å². The zero-order valence-corrected chi connectivity index (χ0v) is 15.7. The van der Waals surface area contributed by atoms with Gasteiger partial charge in [0, 0.05) is 18.7 Å². The van der Waals surface area contributed by atoms with Crippen molar-refractivity contribution in [3.63, 3.8) is 0 Å². The number of amides is 1. The van der Waals surface area contributed by atoms with E-state index in [9.17, 15) is 17.6 Å². The minimum Gasteiger partial charge on any atom is -0.348 e. The number of hydrogen-bond donors (Lipinski definition) is 2. The van der Waals surface area contributed by atoms with Gasteiger partial charge in [-0.05, 0) is 47.5 Å². The SMILES string of the molecule is O=C(NCc1ccc(CNS(=O)(=O)c2ccccc2)cc1)c1ccc(F)cc1. The summed E-state index contributed by atoms with van der Waals surface area (Å²) >= 11 is 0. The third-order valence-corrected chi connectivity index (χ3v) is 5.52. The van der Waals surface area contributed by atoms with Crippen LogP contribution >= 0.6 is 0 Å². The lowest BCUT2D eigenvalue weighted by Gasteiger charge is -2.09. The second-order valence-corrected chi connectivity index (χ2v) is 7.91. The lowest BCUT2D eigenvalue weighted by molar-refractivity contribution is 0.0951. The fraction of sp³-hybridized carbons (Fsp3) is 0.0952. The molecule has 0 saturated carbocycles. The largest absolute Gasteiger partial charge is 0.348 e. The first-order valence-corrected chi connectivity index (χ1v) is 10.1. The van der Waals surface area contributed by atoms with Crippen molar-refractivity contribution in [1.29, 1.82) is 0 Å². The molecule has 0 saturated heterocycles. The third-order valence-electron chi connectivity index (χ3n) is 4.10. The first-order valence-electron chi connectivity index (χ1n) is 8.60. The van der Waals surface area contributed by atoms with Crippen LogP contribution in [0, 0.1) is 5.82 Å². The second kappa shape index (κ2) is 8.77. The Kier molecular flexibility index (Phi) is 6.18. The standard InChI is InChI=1S/C21H19FN2O3S/c22-19-12-10-18(11-13-19)21(25)23-14-16-6-8-17(9-7-16)15-24-28(26,27)20-4-2-1-3-5-20/h1-13,24H,14-15H2,(H,23,25). The molecule has 0 atom stereocenters. The first kappa shape index (κ1) is 19.7. The Hall–Kier alpha value is -3.03. The average Bonchev–Trinajstić information content (AvgIpc) is 2.72. The summed E-state index contributed by atoms with van der Waals surface area (Å²) in [4.78, 5) is 12.3. The molecule has 0 heterocycles. The van der Waals surface area contributed by atoms with Crippen LogP contribution in [0.1, 0.15) is 21.5 Å². The molecule has 0 aliphatic rings. The zero-order chi connectivity index (χ0) is 20.0. The molecule has 0 aliphatic carbocycles. The Bertz CT molecular complexity index is 1040. The van der Waals surface area contributed by atoms with E-state index in [1.807, 2.05) is 12.1 Å². The minimum absolute atomic E-state index is 0.166. The fourth-order valence-corrected chi connectivity index (χ4v) is 3.56. The van der Waals surface area contributed by atoms with Gasteiger partial charge < -0.3 is 5.32 Å². The first-order chi connectivity index (χ1) is 13.4. The number of sulfonamides is 1. The van der Waals surface area contributed by atoms with Crippen LogP contribution in [0.3, 0.4) is 0 Å². The summed E-state index contributed by atoms with van der Waals surface area (Å²) in [6.07, 6.45) is 0. The number of halogens is 1. The summed E-state index contributed by atoms with van der Waals surface area (Å²) in [6.45, 7) is 0.478. The van der Waals surface area contributed by atoms with Crippen LogP contribution in [0.15, 0.2) is 83.8 Å². The van der Waals surface area contributed by atoms with Crippen LogP contribution < -0.4 is 10.0 Å². The number of carbonyl (C=O) groups is 1. The highest BCUT2D eigenvalue weighted by Crippen LogP contribution is 2.10. The van der Waals surface area contributed by atoms with Gasteiger partial charge in [-0.15, -0.1) is 0 Å². The number of carbonyl (C=O) groups excluding carboxylic acids is 1. The van der Waals surface area contributed by atoms with E-state index < -0.39 is 15.8 Å². The van der Waals surface area contributed by atoms with Gasteiger partial charge in [-0.1, -0.05) is 42.5 Å². The lowest BCUT2D eigenvalue weighted by atomic mass is 10.1. The van der Waals surface area contributed by atoms with Crippen LogP contribution in [-0.2, 0) is 23.1 Å². The van der Waals surface area contributed by atoms with Crippen LogP contribution in [0.25, 0.3) is 0 Å². The van der Waals surface area contributed by atoms with Gasteiger partial charge in [0.1, 0.15) is 5.82 Å². The van der Waals surface area contributed by atoms with Gasteiger partial charge in [0.05, 0.1) is 4.90 Å². The molecule has 3 rings (SSSR count). The quantitative estimate of drug-likeness (QED) is 0.642. The molecule has 0 spiro atoms. The highest BCUT2D eigenvalue weighted by atomic mass is 32.2. The van der Waals surface area contributed by atoms with Crippen molar-refractivity contribution in [3.05, 3.63) is 101 Å². The minimum atomic E-state index is -3.56. The van der Waals surface area contributed by atoms with Gasteiger partial charge in [-0.3, -0.25) is 4.79 Å². The van der Waals surface area contributed by atoms with Crippen LogP contribution in [0.2, 0.25) is 0 Å². The second-order valence-electron chi connectivity index (χ2n) is 6.14. The monoisotopic (exact) mass is 398 g/mol. The molecular formula is C21H19FN2O3S. The molecule has 0 unspecified atom stereocenters. The van der Waals surface area contributed by atoms with Gasteiger partial charge in [0.15, 0.2) is 0 Å². The Labute approximate surface area is 163 Å². The maximum atomic E-state index is 12.9. The number of benzene rings is 3. The van der Waals surface area contributed by atoms with Crippen LogP contribution in [0.5, 0.6) is 0 Å². The predicted molar refractivity (Wildman–Crippen MR) is 104 cm³/mol. The molecule has 3 aromatic carbocycles. The number of rotatable bonds is 7. The van der Waals surface area contributed by atoms with Crippen molar-refractivity contribution < 1.29 is 17.6 Å². The molecule has 5 nitrogen and oxygen atoms in total. The van der Waals surface area contributed by atoms with Crippen LogP contribution in [0.4, 0.5) is 4.39 Å². The normalized spacial score (nSPS) is 11.2. The molecule has 2 N–H and O–H groups in total. The smallest absolute Gasteiger partial charge is 0.251 e. The molecule has 7 heteroatoms. The molecule has 144 valence electrons. The summed E-state index contributed by atoms with van der Waals surface area (Å²) in [5, 5.41) is 2.76. The Morgan fingerprint density at radius 3 is 1.96 bits per heavy atom. The third kappa shape index (κ3) is 5.25. The average molecular weight is 398 g/mol. The summed E-state index contributed by atoms with van der Waals surface area (Å²) in [7, 11) is -3.56. The Morgan fingerprint density at radius 2 is 1.36 bits per heavy atom. The summed E-state index contributed by atoms with van der Waals surface area (Å²) in [6, 6.07) is 20.7. The highest BCUT2D eigenvalue weighted by molar-refractivity contribution is 7.89. The van der Waals surface area contributed by atoms with Crippen molar-refractivity contribution in [2.45, 2.75) is 18.0 Å². The molecule has 0 aromatic heterocycles. The summed E-state index contributed by atoms with van der Waals surface area (Å²) < 4.78 is 39.9. The Balaban J connectivity index is 1.53. The van der Waals surface area contributed by atoms with Crippen molar-refractivity contribution in [2.75, 3.05) is 0 Å².